The summed E-state index contributed by atoms with van der Waals surface area (Å²) in [6.45, 7) is 21.1. The second-order valence-electron chi connectivity index (χ2n) is 13.0. The molecule has 0 heterocycles. The molecule has 0 fully saturated rings. The van der Waals surface area contributed by atoms with Gasteiger partial charge < -0.3 is 29.6 Å². The molecule has 0 aromatic rings. The van der Waals surface area contributed by atoms with Crippen molar-refractivity contribution in [2.45, 2.75) is 130 Å². The van der Waals surface area contributed by atoms with Gasteiger partial charge in [0.25, 0.3) is 0 Å². The molecule has 0 bridgehead atoms. The number of hydrogen-bond acceptors (Lipinski definition) is 10. The molecule has 0 saturated carbocycles. The summed E-state index contributed by atoms with van der Waals surface area (Å²) in [5, 5.41) is 5.92. The minimum absolute atomic E-state index is 0.361. The molecule has 0 radical (unpaired) electrons. The van der Waals surface area contributed by atoms with Crippen molar-refractivity contribution in [3.05, 3.63) is 0 Å². The lowest BCUT2D eigenvalue weighted by atomic mass is 10.1. The van der Waals surface area contributed by atoms with Gasteiger partial charge in [-0.3, -0.25) is 0 Å². The van der Waals surface area contributed by atoms with Gasteiger partial charge in [-0.2, -0.15) is 23.5 Å². The minimum atomic E-state index is -0.842. The second-order valence-corrected chi connectivity index (χ2v) is 15.6. The van der Waals surface area contributed by atoms with Crippen molar-refractivity contribution in [1.82, 2.24) is 10.6 Å². The lowest BCUT2D eigenvalue weighted by Gasteiger charge is -2.26. The molecule has 0 saturated heterocycles. The summed E-state index contributed by atoms with van der Waals surface area (Å²) in [6, 6.07) is -1.68. The van der Waals surface area contributed by atoms with Gasteiger partial charge in [0.15, 0.2) is 0 Å². The van der Waals surface area contributed by atoms with Crippen molar-refractivity contribution in [2.24, 2.45) is 0 Å². The lowest BCUT2D eigenvalue weighted by molar-refractivity contribution is -0.158. The monoisotopic (exact) mass is 594 g/mol. The Morgan fingerprint density at radius 2 is 0.821 bits per heavy atom. The van der Waals surface area contributed by atoms with Crippen LogP contribution in [-0.4, -0.2) is 75.2 Å². The van der Waals surface area contributed by atoms with Crippen LogP contribution >= 0.6 is 23.5 Å². The van der Waals surface area contributed by atoms with Gasteiger partial charge in [-0.1, -0.05) is 0 Å². The van der Waals surface area contributed by atoms with Gasteiger partial charge in [-0.05, 0) is 107 Å². The topological polar surface area (TPSA) is 129 Å². The molecule has 0 spiro atoms. The number of ether oxygens (including phenoxy) is 4. The van der Waals surface area contributed by atoms with E-state index in [1.807, 2.05) is 0 Å². The Morgan fingerprint density at radius 3 is 1.08 bits per heavy atom. The maximum absolute atomic E-state index is 12.6. The van der Waals surface area contributed by atoms with E-state index in [-0.39, 0.29) is 0 Å². The first-order chi connectivity index (χ1) is 17.5. The Hall–Kier alpha value is -1.82. The van der Waals surface area contributed by atoms with Gasteiger partial charge in [0.1, 0.15) is 34.5 Å². The molecule has 228 valence electrons. The smallest absolute Gasteiger partial charge is 0.408 e. The molecule has 0 rings (SSSR count). The molecule has 0 aromatic heterocycles. The summed E-state index contributed by atoms with van der Waals surface area (Å²) in [7, 11) is 0. The van der Waals surface area contributed by atoms with Gasteiger partial charge in [-0.25, -0.2) is 19.2 Å². The van der Waals surface area contributed by atoms with Crippen LogP contribution in [0.25, 0.3) is 0 Å². The largest absolute Gasteiger partial charge is 0.458 e. The molecule has 2 atom stereocenters. The maximum atomic E-state index is 12.6. The van der Waals surface area contributed by atoms with E-state index in [0.717, 1.165) is 0 Å². The number of carbonyl (C=O) groups excluding carboxylic acids is 4. The summed E-state index contributed by atoms with van der Waals surface area (Å²) >= 11 is 3.17. The number of alkyl carbamates (subject to hydrolysis) is 2. The van der Waals surface area contributed by atoms with E-state index in [1.165, 1.54) is 0 Å². The van der Waals surface area contributed by atoms with Crippen LogP contribution in [0.4, 0.5) is 9.59 Å². The fraction of sp³-hybridized carbons (Fsp3) is 0.852. The third-order valence-corrected chi connectivity index (χ3v) is 6.42. The molecule has 2 N–H and O–H groups in total. The number of thioether (sulfide) groups is 2. The van der Waals surface area contributed by atoms with Crippen LogP contribution in [-0.2, 0) is 28.5 Å². The highest BCUT2D eigenvalue weighted by atomic mass is 32.2. The van der Waals surface area contributed by atoms with Crippen molar-refractivity contribution in [1.29, 1.82) is 0 Å². The van der Waals surface area contributed by atoms with E-state index in [4.69, 9.17) is 18.9 Å². The quantitative estimate of drug-likeness (QED) is 0.126. The van der Waals surface area contributed by atoms with Crippen LogP contribution < -0.4 is 10.6 Å². The zero-order valence-electron chi connectivity index (χ0n) is 25.8. The number of rotatable bonds is 12. The first kappa shape index (κ1) is 37.2. The number of esters is 2. The van der Waals surface area contributed by atoms with Gasteiger partial charge in [0, 0.05) is 5.08 Å². The van der Waals surface area contributed by atoms with Crippen molar-refractivity contribution in [3.8, 4) is 0 Å². The highest BCUT2D eigenvalue weighted by Crippen LogP contribution is 2.19. The average molecular weight is 595 g/mol. The second kappa shape index (κ2) is 15.8. The van der Waals surface area contributed by atoms with Gasteiger partial charge >= 0.3 is 24.1 Å². The van der Waals surface area contributed by atoms with Crippen molar-refractivity contribution >= 4 is 47.6 Å². The molecule has 0 aliphatic heterocycles. The molecular weight excluding hydrogens is 544 g/mol. The van der Waals surface area contributed by atoms with Crippen molar-refractivity contribution < 1.29 is 38.1 Å². The lowest BCUT2D eigenvalue weighted by Crippen LogP contribution is -2.46. The van der Waals surface area contributed by atoms with Crippen LogP contribution in [0.3, 0.4) is 0 Å². The van der Waals surface area contributed by atoms with Crippen molar-refractivity contribution in [2.75, 3.05) is 16.6 Å². The standard InChI is InChI=1S/C27H50N2O8S2/c1-24(2,3)34-20(30)18(28-22(32)36-26(7,8)9)13-15-38-17-39-16-14-19(21(31)35-25(4,5)6)29-23(33)37-27(10,11)12/h18-19H,13-17H2,1-12H3,(H,28,32)(H,29,33). The third-order valence-electron chi connectivity index (χ3n) is 4.03. The Bertz CT molecular complexity index is 743. The van der Waals surface area contributed by atoms with E-state index in [1.54, 1.807) is 107 Å². The van der Waals surface area contributed by atoms with Crippen molar-refractivity contribution in [3.63, 3.8) is 0 Å². The van der Waals surface area contributed by atoms with Crippen LogP contribution in [0.1, 0.15) is 95.9 Å². The van der Waals surface area contributed by atoms with Gasteiger partial charge in [-0.15, -0.1) is 0 Å². The highest BCUT2D eigenvalue weighted by Gasteiger charge is 2.30. The fourth-order valence-electron chi connectivity index (χ4n) is 2.72. The van der Waals surface area contributed by atoms with Crippen LogP contribution in [0.5, 0.6) is 0 Å². The molecule has 0 aromatic carbocycles. The van der Waals surface area contributed by atoms with Crippen LogP contribution in [0.15, 0.2) is 0 Å². The Labute approximate surface area is 243 Å². The van der Waals surface area contributed by atoms with E-state index >= 15 is 0 Å². The van der Waals surface area contributed by atoms with E-state index in [9.17, 15) is 19.2 Å². The molecule has 2 amide bonds. The molecule has 2 unspecified atom stereocenters. The SMILES string of the molecule is CC(C)(C)OC(=O)NC(CCSCSCCC(NC(=O)OC(C)(C)C)C(=O)OC(C)(C)C)C(=O)OC(C)(C)C. The fourth-order valence-corrected chi connectivity index (χ4v) is 4.94. The number of amides is 2. The Kier molecular flexibility index (Phi) is 15.1. The summed E-state index contributed by atoms with van der Waals surface area (Å²) in [5.74, 6) is 0.126. The molecule has 0 aliphatic rings. The summed E-state index contributed by atoms with van der Waals surface area (Å²) in [4.78, 5) is 49.8. The number of nitrogens with one attached hydrogen (secondary N) is 2. The van der Waals surface area contributed by atoms with E-state index in [2.05, 4.69) is 10.6 Å². The first-order valence-electron chi connectivity index (χ1n) is 13.1. The zero-order valence-corrected chi connectivity index (χ0v) is 27.4. The molecule has 0 aliphatic carbocycles. The third kappa shape index (κ3) is 21.7. The minimum Gasteiger partial charge on any atom is -0.458 e. The molecule has 10 nitrogen and oxygen atoms in total. The van der Waals surface area contributed by atoms with Gasteiger partial charge in [0.05, 0.1) is 0 Å². The summed E-state index contributed by atoms with van der Waals surface area (Å²) < 4.78 is 21.5. The Balaban J connectivity index is 4.85. The average Bonchev–Trinajstić information content (AvgIpc) is 2.65. The normalized spacial score (nSPS) is 14.1. The molecule has 39 heavy (non-hydrogen) atoms. The van der Waals surface area contributed by atoms with E-state index in [0.29, 0.717) is 29.4 Å². The molecule has 12 heteroatoms. The first-order valence-corrected chi connectivity index (χ1v) is 15.4. The van der Waals surface area contributed by atoms with Gasteiger partial charge in [0.2, 0.25) is 0 Å². The zero-order chi connectivity index (χ0) is 30.7. The van der Waals surface area contributed by atoms with Crippen LogP contribution in [0, 0.1) is 0 Å². The summed E-state index contributed by atoms with van der Waals surface area (Å²) in [5.41, 5.74) is -2.76. The summed E-state index contributed by atoms with van der Waals surface area (Å²) in [6.07, 6.45) is -0.632. The predicted octanol–water partition coefficient (Wildman–Crippen LogP) is 5.66. The number of carbonyl (C=O) groups is 4. The highest BCUT2D eigenvalue weighted by molar-refractivity contribution is 8.15. The van der Waals surface area contributed by atoms with Crippen LogP contribution in [0.2, 0.25) is 0 Å². The number of hydrogen-bond donors (Lipinski definition) is 2. The Morgan fingerprint density at radius 1 is 0.538 bits per heavy atom. The molecular formula is C27H50N2O8S2. The van der Waals surface area contributed by atoms with E-state index < -0.39 is 58.6 Å². The predicted molar refractivity (Wildman–Crippen MR) is 157 cm³/mol. The maximum Gasteiger partial charge on any atom is 0.408 e.